The van der Waals surface area contributed by atoms with E-state index in [1.54, 1.807) is 0 Å². The molecule has 4 atom stereocenters. The van der Waals surface area contributed by atoms with Gasteiger partial charge in [-0.15, -0.1) is 0 Å². The molecule has 0 bridgehead atoms. The third-order valence-corrected chi connectivity index (χ3v) is 5.75. The molecule has 0 aromatic heterocycles. The van der Waals surface area contributed by atoms with E-state index in [2.05, 4.69) is 31.2 Å². The summed E-state index contributed by atoms with van der Waals surface area (Å²) in [5.41, 5.74) is 8.67. The van der Waals surface area contributed by atoms with Crippen LogP contribution in [0.2, 0.25) is 0 Å². The topological polar surface area (TPSA) is 46.2 Å². The quantitative estimate of drug-likeness (QED) is 0.889. The Hall–Kier alpha value is -0.860. The molecule has 1 fully saturated rings. The third kappa shape index (κ3) is 2.19. The lowest BCUT2D eigenvalue weighted by atomic mass is 9.67. The van der Waals surface area contributed by atoms with Gasteiger partial charge in [-0.1, -0.05) is 44.0 Å². The van der Waals surface area contributed by atoms with Crippen molar-refractivity contribution in [1.82, 2.24) is 0 Å². The molecule has 110 valence electrons. The molecule has 20 heavy (non-hydrogen) atoms. The van der Waals surface area contributed by atoms with E-state index in [9.17, 15) is 5.11 Å². The van der Waals surface area contributed by atoms with Crippen molar-refractivity contribution in [3.63, 3.8) is 0 Å². The lowest BCUT2D eigenvalue weighted by Gasteiger charge is -2.41. The Morgan fingerprint density at radius 3 is 2.90 bits per heavy atom. The average Bonchev–Trinajstić information content (AvgIpc) is 2.86. The molecule has 4 unspecified atom stereocenters. The molecule has 0 spiro atoms. The fourth-order valence-corrected chi connectivity index (χ4v) is 4.58. The highest BCUT2D eigenvalue weighted by Gasteiger charge is 2.46. The Kier molecular flexibility index (Phi) is 3.87. The predicted molar refractivity (Wildman–Crippen MR) is 82.6 cm³/mol. The highest BCUT2D eigenvalue weighted by molar-refractivity contribution is 5.41. The van der Waals surface area contributed by atoms with E-state index in [4.69, 9.17) is 5.73 Å². The van der Waals surface area contributed by atoms with Gasteiger partial charge in [0.2, 0.25) is 0 Å². The van der Waals surface area contributed by atoms with Crippen molar-refractivity contribution in [2.75, 3.05) is 6.54 Å². The molecular weight excluding hydrogens is 246 g/mol. The number of hydrogen-bond acceptors (Lipinski definition) is 2. The first-order valence-electron chi connectivity index (χ1n) is 8.14. The summed E-state index contributed by atoms with van der Waals surface area (Å²) in [6.07, 6.45) is 6.68. The molecule has 2 aliphatic carbocycles. The van der Waals surface area contributed by atoms with Crippen molar-refractivity contribution >= 4 is 0 Å². The fraction of sp³-hybridized carbons (Fsp3) is 0.667. The van der Waals surface area contributed by atoms with Gasteiger partial charge in [-0.2, -0.15) is 0 Å². The molecule has 0 heterocycles. The fourth-order valence-electron chi connectivity index (χ4n) is 4.58. The van der Waals surface area contributed by atoms with Crippen LogP contribution >= 0.6 is 0 Å². The van der Waals surface area contributed by atoms with E-state index in [0.717, 1.165) is 31.6 Å². The van der Waals surface area contributed by atoms with Crippen molar-refractivity contribution in [3.05, 3.63) is 35.4 Å². The van der Waals surface area contributed by atoms with Gasteiger partial charge in [0.25, 0.3) is 0 Å². The summed E-state index contributed by atoms with van der Waals surface area (Å²) >= 11 is 0. The molecule has 1 aromatic rings. The van der Waals surface area contributed by atoms with Gasteiger partial charge in [0, 0.05) is 12.0 Å². The number of aliphatic hydroxyl groups is 1. The van der Waals surface area contributed by atoms with E-state index in [0.29, 0.717) is 12.5 Å². The number of rotatable bonds is 3. The van der Waals surface area contributed by atoms with E-state index in [-0.39, 0.29) is 11.5 Å². The second-order valence-electron chi connectivity index (χ2n) is 6.99. The summed E-state index contributed by atoms with van der Waals surface area (Å²) in [6.45, 7) is 2.88. The summed E-state index contributed by atoms with van der Waals surface area (Å²) in [5.74, 6) is 1.17. The molecule has 3 rings (SSSR count). The Morgan fingerprint density at radius 1 is 1.35 bits per heavy atom. The van der Waals surface area contributed by atoms with Crippen LogP contribution < -0.4 is 5.73 Å². The van der Waals surface area contributed by atoms with Crippen LogP contribution in [0.1, 0.15) is 50.2 Å². The molecule has 2 nitrogen and oxygen atoms in total. The second-order valence-corrected chi connectivity index (χ2v) is 6.99. The maximum Gasteiger partial charge on any atom is 0.0677 e. The molecule has 2 aliphatic rings. The number of benzene rings is 1. The molecule has 2 heteroatoms. The zero-order valence-electron chi connectivity index (χ0n) is 12.5. The minimum atomic E-state index is -0.279. The van der Waals surface area contributed by atoms with Gasteiger partial charge in [0.05, 0.1) is 6.10 Å². The lowest BCUT2D eigenvalue weighted by Crippen LogP contribution is -2.48. The molecule has 0 amide bonds. The largest absolute Gasteiger partial charge is 0.392 e. The number of hydrogen-bond donors (Lipinski definition) is 2. The van der Waals surface area contributed by atoms with Gasteiger partial charge < -0.3 is 10.8 Å². The highest BCUT2D eigenvalue weighted by Crippen LogP contribution is 2.46. The Labute approximate surface area is 122 Å². The van der Waals surface area contributed by atoms with E-state index in [1.807, 2.05) is 0 Å². The number of aryl methyl sites for hydroxylation is 1. The van der Waals surface area contributed by atoms with E-state index < -0.39 is 0 Å². The standard InChI is InChI=1S/C18H27NO/c1-13-5-4-7-15(11-13)17(20)18(12-19)10-9-14-6-2-3-8-16(14)18/h2-3,6,8,13,15,17,20H,4-5,7,9-12,19H2,1H3. The summed E-state index contributed by atoms with van der Waals surface area (Å²) in [5, 5.41) is 11.1. The van der Waals surface area contributed by atoms with Crippen LogP contribution in [0.4, 0.5) is 0 Å². The summed E-state index contributed by atoms with van der Waals surface area (Å²) in [7, 11) is 0. The van der Waals surface area contributed by atoms with E-state index >= 15 is 0 Å². The minimum absolute atomic E-state index is 0.196. The highest BCUT2D eigenvalue weighted by atomic mass is 16.3. The zero-order valence-corrected chi connectivity index (χ0v) is 12.5. The van der Waals surface area contributed by atoms with Crippen LogP contribution in [-0.2, 0) is 11.8 Å². The van der Waals surface area contributed by atoms with Gasteiger partial charge >= 0.3 is 0 Å². The minimum Gasteiger partial charge on any atom is -0.392 e. The molecule has 0 saturated heterocycles. The van der Waals surface area contributed by atoms with Crippen LogP contribution in [0.15, 0.2) is 24.3 Å². The maximum absolute atomic E-state index is 11.1. The van der Waals surface area contributed by atoms with Crippen LogP contribution in [0.5, 0.6) is 0 Å². The van der Waals surface area contributed by atoms with Crippen LogP contribution in [0, 0.1) is 11.8 Å². The Morgan fingerprint density at radius 2 is 2.15 bits per heavy atom. The lowest BCUT2D eigenvalue weighted by molar-refractivity contribution is 0.00765. The number of aliphatic hydroxyl groups excluding tert-OH is 1. The number of nitrogens with two attached hydrogens (primary N) is 1. The zero-order chi connectivity index (χ0) is 14.2. The maximum atomic E-state index is 11.1. The van der Waals surface area contributed by atoms with Crippen molar-refractivity contribution < 1.29 is 5.11 Å². The molecule has 3 N–H and O–H groups in total. The van der Waals surface area contributed by atoms with Gasteiger partial charge in [-0.05, 0) is 48.6 Å². The van der Waals surface area contributed by atoms with Gasteiger partial charge in [-0.3, -0.25) is 0 Å². The van der Waals surface area contributed by atoms with Gasteiger partial charge in [-0.25, -0.2) is 0 Å². The summed E-state index contributed by atoms with van der Waals surface area (Å²) in [6, 6.07) is 8.57. The van der Waals surface area contributed by atoms with E-state index in [1.165, 1.54) is 24.0 Å². The van der Waals surface area contributed by atoms with Crippen LogP contribution in [0.3, 0.4) is 0 Å². The average molecular weight is 273 g/mol. The first-order chi connectivity index (χ1) is 9.67. The van der Waals surface area contributed by atoms with Crippen LogP contribution in [0.25, 0.3) is 0 Å². The molecule has 0 radical (unpaired) electrons. The summed E-state index contributed by atoms with van der Waals surface area (Å²) < 4.78 is 0. The van der Waals surface area contributed by atoms with Gasteiger partial charge in [0.15, 0.2) is 0 Å². The molecule has 0 aliphatic heterocycles. The molecular formula is C18H27NO. The van der Waals surface area contributed by atoms with Gasteiger partial charge in [0.1, 0.15) is 0 Å². The molecule has 1 aromatic carbocycles. The first kappa shape index (κ1) is 14.1. The number of fused-ring (bicyclic) bond motifs is 1. The predicted octanol–water partition coefficient (Wildman–Crippen LogP) is 3.02. The smallest absolute Gasteiger partial charge is 0.0677 e. The Balaban J connectivity index is 1.90. The summed E-state index contributed by atoms with van der Waals surface area (Å²) in [4.78, 5) is 0. The van der Waals surface area contributed by atoms with Crippen molar-refractivity contribution in [2.24, 2.45) is 17.6 Å². The van der Waals surface area contributed by atoms with Crippen molar-refractivity contribution in [3.8, 4) is 0 Å². The molecule has 1 saturated carbocycles. The SMILES string of the molecule is CC1CCCC(C(O)C2(CN)CCc3ccccc32)C1. The Bertz CT molecular complexity index is 472. The van der Waals surface area contributed by atoms with Crippen molar-refractivity contribution in [1.29, 1.82) is 0 Å². The second kappa shape index (κ2) is 5.50. The van der Waals surface area contributed by atoms with Crippen LogP contribution in [-0.4, -0.2) is 17.8 Å². The normalized spacial score (nSPS) is 34.8. The third-order valence-electron chi connectivity index (χ3n) is 5.75. The monoisotopic (exact) mass is 273 g/mol. The van der Waals surface area contributed by atoms with Crippen molar-refractivity contribution in [2.45, 2.75) is 57.0 Å². The first-order valence-corrected chi connectivity index (χ1v) is 8.14.